The van der Waals surface area contributed by atoms with Gasteiger partial charge in [-0.3, -0.25) is 0 Å². The summed E-state index contributed by atoms with van der Waals surface area (Å²) in [7, 11) is 0. The first-order chi connectivity index (χ1) is 30.7. The first-order valence-electron chi connectivity index (χ1n) is 21.4. The molecule has 0 aliphatic carbocycles. The van der Waals surface area contributed by atoms with Crippen molar-refractivity contribution in [2.24, 2.45) is 0 Å². The molecule has 0 atom stereocenters. The van der Waals surface area contributed by atoms with Gasteiger partial charge in [0.15, 0.2) is 0 Å². The summed E-state index contributed by atoms with van der Waals surface area (Å²) >= 11 is 0. The summed E-state index contributed by atoms with van der Waals surface area (Å²) in [6, 6.07) is 88.2. The zero-order valence-electron chi connectivity index (χ0n) is 34.2. The minimum atomic E-state index is 1.16. The maximum absolute atomic E-state index is 2.33. The van der Waals surface area contributed by atoms with Crippen molar-refractivity contribution < 1.29 is 0 Å². The molecule has 0 heterocycles. The molecule has 62 heavy (non-hydrogen) atoms. The zero-order valence-corrected chi connectivity index (χ0v) is 34.2. The van der Waals surface area contributed by atoms with Crippen molar-refractivity contribution in [3.63, 3.8) is 0 Å². The molecule has 290 valence electrons. The molecule has 0 fully saturated rings. The Labute approximate surface area is 363 Å². The number of hydrogen-bond donors (Lipinski definition) is 0. The SMILES string of the molecule is C(=C(/c1ccccc1)c1ccc2ccccc2c1)/c1ccc(-c2c3ccccc3c(-c3ccc(/C=C(\c4ccccc4)c4ccc5ccccc5c4)cc3)c3ccccc23)cc1. The van der Waals surface area contributed by atoms with Crippen LogP contribution in [0.15, 0.2) is 243 Å². The van der Waals surface area contributed by atoms with Gasteiger partial charge in [-0.2, -0.15) is 0 Å². The van der Waals surface area contributed by atoms with E-state index in [-0.39, 0.29) is 0 Å². The summed E-state index contributed by atoms with van der Waals surface area (Å²) in [4.78, 5) is 0. The van der Waals surface area contributed by atoms with Gasteiger partial charge < -0.3 is 0 Å². The van der Waals surface area contributed by atoms with E-state index in [0.717, 1.165) is 11.1 Å². The smallest absolute Gasteiger partial charge is 0.00264 e. The number of benzene rings is 11. The quantitative estimate of drug-likeness (QED) is 0.106. The molecule has 0 N–H and O–H groups in total. The van der Waals surface area contributed by atoms with Crippen LogP contribution in [-0.2, 0) is 0 Å². The first-order valence-corrected chi connectivity index (χ1v) is 21.4. The maximum atomic E-state index is 2.33. The molecule has 0 radical (unpaired) electrons. The fourth-order valence-corrected chi connectivity index (χ4v) is 9.19. The van der Waals surface area contributed by atoms with E-state index in [9.17, 15) is 0 Å². The monoisotopic (exact) mass is 786 g/mol. The van der Waals surface area contributed by atoms with E-state index in [1.54, 1.807) is 0 Å². The van der Waals surface area contributed by atoms with E-state index in [2.05, 4.69) is 255 Å². The van der Waals surface area contributed by atoms with Crippen molar-refractivity contribution in [2.75, 3.05) is 0 Å². The van der Waals surface area contributed by atoms with Crippen molar-refractivity contribution in [3.8, 4) is 22.3 Å². The lowest BCUT2D eigenvalue weighted by Gasteiger charge is -2.18. The predicted molar refractivity (Wildman–Crippen MR) is 267 cm³/mol. The van der Waals surface area contributed by atoms with E-state index < -0.39 is 0 Å². The van der Waals surface area contributed by atoms with Crippen LogP contribution in [0.25, 0.3) is 88.6 Å². The molecule has 0 nitrogen and oxygen atoms in total. The summed E-state index contributed by atoms with van der Waals surface area (Å²) in [5, 5.41) is 9.97. The van der Waals surface area contributed by atoms with Crippen LogP contribution in [0.5, 0.6) is 0 Å². The van der Waals surface area contributed by atoms with Gasteiger partial charge in [0.25, 0.3) is 0 Å². The highest BCUT2D eigenvalue weighted by atomic mass is 14.2. The van der Waals surface area contributed by atoms with E-state index in [1.807, 2.05) is 0 Å². The van der Waals surface area contributed by atoms with Crippen LogP contribution in [-0.4, -0.2) is 0 Å². The normalized spacial score (nSPS) is 12.1. The van der Waals surface area contributed by atoms with Crippen LogP contribution in [0.2, 0.25) is 0 Å². The van der Waals surface area contributed by atoms with Crippen LogP contribution in [0, 0.1) is 0 Å². The van der Waals surface area contributed by atoms with Crippen molar-refractivity contribution in [3.05, 3.63) is 276 Å². The van der Waals surface area contributed by atoms with Crippen molar-refractivity contribution >= 4 is 66.4 Å². The molecule has 0 heteroatoms. The predicted octanol–water partition coefficient (Wildman–Crippen LogP) is 16.8. The van der Waals surface area contributed by atoms with Gasteiger partial charge in [0.05, 0.1) is 0 Å². The van der Waals surface area contributed by atoms with Crippen LogP contribution >= 0.6 is 0 Å². The summed E-state index contributed by atoms with van der Waals surface area (Å²) in [5.41, 5.74) is 14.5. The highest BCUT2D eigenvalue weighted by Crippen LogP contribution is 2.44. The Hall–Kier alpha value is -8.06. The van der Waals surface area contributed by atoms with Gasteiger partial charge in [-0.15, -0.1) is 0 Å². The molecule has 0 bridgehead atoms. The van der Waals surface area contributed by atoms with E-state index in [1.165, 1.54) is 98.7 Å². The van der Waals surface area contributed by atoms with Gasteiger partial charge in [-0.05, 0) is 134 Å². The molecule has 0 aliphatic heterocycles. The lowest BCUT2D eigenvalue weighted by atomic mass is 9.85. The average molecular weight is 787 g/mol. The number of fused-ring (bicyclic) bond motifs is 4. The van der Waals surface area contributed by atoms with E-state index in [4.69, 9.17) is 0 Å². The van der Waals surface area contributed by atoms with Crippen LogP contribution < -0.4 is 0 Å². The van der Waals surface area contributed by atoms with Gasteiger partial charge in [0.2, 0.25) is 0 Å². The second-order valence-electron chi connectivity index (χ2n) is 16.1. The standard InChI is InChI=1S/C62H42/c1-3-17-47(18-4-1)59(53-37-35-45-15-7-9-21-51(45)41-53)39-43-27-31-49(32-28-43)61-55-23-11-13-25-57(55)62(58-26-14-12-24-56(58)61)50-33-29-44(30-34-50)40-60(48-19-5-2-6-20-48)54-38-36-46-16-8-10-22-52(46)42-54/h1-42H/b59-39+,60-40+. The Morgan fingerprint density at radius 3 is 0.935 bits per heavy atom. The van der Waals surface area contributed by atoms with Crippen molar-refractivity contribution in [1.29, 1.82) is 0 Å². The number of hydrogen-bond acceptors (Lipinski definition) is 0. The van der Waals surface area contributed by atoms with Gasteiger partial charge in [0, 0.05) is 0 Å². The lowest BCUT2D eigenvalue weighted by molar-refractivity contribution is 1.56. The molecule has 0 amide bonds. The van der Waals surface area contributed by atoms with Crippen molar-refractivity contribution in [2.45, 2.75) is 0 Å². The number of rotatable bonds is 8. The molecule has 0 aliphatic rings. The molecule has 0 unspecified atom stereocenters. The van der Waals surface area contributed by atoms with Gasteiger partial charge in [-0.1, -0.05) is 231 Å². The Balaban J connectivity index is 0.989. The third kappa shape index (κ3) is 7.08. The Morgan fingerprint density at radius 1 is 0.242 bits per heavy atom. The molecule has 0 aromatic heterocycles. The molecule has 11 aromatic rings. The molecular formula is C62H42. The third-order valence-electron chi connectivity index (χ3n) is 12.2. The highest BCUT2D eigenvalue weighted by Gasteiger charge is 2.17. The molecule has 0 saturated heterocycles. The van der Waals surface area contributed by atoms with Crippen LogP contribution in [0.3, 0.4) is 0 Å². The summed E-state index contributed by atoms with van der Waals surface area (Å²) in [6.07, 6.45) is 4.65. The largest absolute Gasteiger partial charge is 0.0622 e. The molecule has 11 aromatic carbocycles. The Morgan fingerprint density at radius 2 is 0.565 bits per heavy atom. The zero-order chi connectivity index (χ0) is 41.2. The van der Waals surface area contributed by atoms with Gasteiger partial charge in [-0.25, -0.2) is 0 Å². The fourth-order valence-electron chi connectivity index (χ4n) is 9.19. The van der Waals surface area contributed by atoms with Crippen molar-refractivity contribution in [1.82, 2.24) is 0 Å². The summed E-state index contributed by atoms with van der Waals surface area (Å²) in [6.45, 7) is 0. The second kappa shape index (κ2) is 16.2. The average Bonchev–Trinajstić information content (AvgIpc) is 3.35. The highest BCUT2D eigenvalue weighted by molar-refractivity contribution is 6.21. The van der Waals surface area contributed by atoms with E-state index in [0.29, 0.717) is 0 Å². The topological polar surface area (TPSA) is 0 Å². The van der Waals surface area contributed by atoms with Gasteiger partial charge >= 0.3 is 0 Å². The van der Waals surface area contributed by atoms with E-state index >= 15 is 0 Å². The maximum Gasteiger partial charge on any atom is -0.00264 e. The molecule has 11 rings (SSSR count). The fraction of sp³-hybridized carbons (Fsp3) is 0. The minimum Gasteiger partial charge on any atom is -0.0622 e. The van der Waals surface area contributed by atoms with Crippen LogP contribution in [0.4, 0.5) is 0 Å². The molecular weight excluding hydrogens is 745 g/mol. The van der Waals surface area contributed by atoms with Crippen LogP contribution in [0.1, 0.15) is 33.4 Å². The second-order valence-corrected chi connectivity index (χ2v) is 16.1. The lowest BCUT2D eigenvalue weighted by Crippen LogP contribution is -1.92. The van der Waals surface area contributed by atoms with Gasteiger partial charge in [0.1, 0.15) is 0 Å². The third-order valence-corrected chi connectivity index (χ3v) is 12.2. The molecule has 0 saturated carbocycles. The minimum absolute atomic E-state index is 1.16. The summed E-state index contributed by atoms with van der Waals surface area (Å²) in [5.74, 6) is 0. The summed E-state index contributed by atoms with van der Waals surface area (Å²) < 4.78 is 0. The Kier molecular flexibility index (Phi) is 9.65. The Bertz CT molecular complexity index is 3170. The molecule has 0 spiro atoms. The first kappa shape index (κ1) is 37.0.